The molecule has 40 heavy (non-hydrogen) atoms. The molecule has 0 atom stereocenters. The number of rotatable bonds is 0. The maximum absolute atomic E-state index is 10.3. The van der Waals surface area contributed by atoms with Crippen molar-refractivity contribution in [2.24, 2.45) is 0 Å². The molecule has 1 aliphatic rings. The largest absolute Gasteiger partial charge is 0.361 e. The molecular formula is C32H64O8. The van der Waals surface area contributed by atoms with Gasteiger partial charge in [-0.15, -0.1) is 0 Å². The molecular weight excluding hydrogens is 512 g/mol. The highest BCUT2D eigenvalue weighted by molar-refractivity contribution is 5.00. The van der Waals surface area contributed by atoms with Gasteiger partial charge in [-0.2, -0.15) is 0 Å². The summed E-state index contributed by atoms with van der Waals surface area (Å²) in [6.07, 6.45) is 27.2. The Morgan fingerprint density at radius 3 is 0.475 bits per heavy atom. The molecule has 0 aromatic heterocycles. The molecule has 1 fully saturated rings. The van der Waals surface area contributed by atoms with Crippen molar-refractivity contribution in [1.82, 2.24) is 0 Å². The van der Waals surface area contributed by atoms with Gasteiger partial charge in [-0.25, -0.2) is 0 Å². The summed E-state index contributed by atoms with van der Waals surface area (Å²) in [4.78, 5) is 0. The minimum Gasteiger partial charge on any atom is -0.361 e. The van der Waals surface area contributed by atoms with Gasteiger partial charge in [-0.1, -0.05) is 154 Å². The Kier molecular flexibility index (Phi) is 19.4. The van der Waals surface area contributed by atoms with Gasteiger partial charge in [0.2, 0.25) is 11.6 Å². The van der Waals surface area contributed by atoms with E-state index in [0.717, 1.165) is 38.5 Å². The normalized spacial score (nSPS) is 27.0. The molecule has 0 radical (unpaired) electrons. The molecule has 8 N–H and O–H groups in total. The van der Waals surface area contributed by atoms with Crippen molar-refractivity contribution in [3.63, 3.8) is 0 Å². The molecule has 0 unspecified atom stereocenters. The van der Waals surface area contributed by atoms with Crippen LogP contribution in [0.3, 0.4) is 0 Å². The Labute approximate surface area is 243 Å². The predicted octanol–water partition coefficient (Wildman–Crippen LogP) is 5.65. The highest BCUT2D eigenvalue weighted by atomic mass is 16.7. The lowest BCUT2D eigenvalue weighted by atomic mass is 9.84. The fourth-order valence-electron chi connectivity index (χ4n) is 5.89. The summed E-state index contributed by atoms with van der Waals surface area (Å²) in [7, 11) is 0. The van der Waals surface area contributed by atoms with Gasteiger partial charge >= 0.3 is 0 Å². The van der Waals surface area contributed by atoms with Crippen LogP contribution >= 0.6 is 0 Å². The second kappa shape index (κ2) is 20.6. The maximum atomic E-state index is 10.3. The number of aliphatic hydroxyl groups is 8. The summed E-state index contributed by atoms with van der Waals surface area (Å²) >= 11 is 0. The van der Waals surface area contributed by atoms with E-state index in [9.17, 15) is 40.9 Å². The van der Waals surface area contributed by atoms with E-state index >= 15 is 0 Å². The highest BCUT2D eigenvalue weighted by Gasteiger charge is 2.69. The molecule has 0 spiro atoms. The average molecular weight is 577 g/mol. The lowest BCUT2D eigenvalue weighted by Gasteiger charge is -2.47. The van der Waals surface area contributed by atoms with Crippen molar-refractivity contribution in [3.8, 4) is 0 Å². The SMILES string of the molecule is OC1(O)CCCCCCCCCCCCCCCCCCCCCCCCCCCCC(O)(O)C(O)(O)C1(O)O. The van der Waals surface area contributed by atoms with Gasteiger partial charge in [0, 0.05) is 12.8 Å². The van der Waals surface area contributed by atoms with E-state index in [0.29, 0.717) is 12.8 Å². The Bertz CT molecular complexity index is 554. The fraction of sp³-hybridized carbons (Fsp3) is 1.00. The number of hydrogen-bond acceptors (Lipinski definition) is 8. The first-order valence-corrected chi connectivity index (χ1v) is 16.7. The van der Waals surface area contributed by atoms with Gasteiger partial charge in [0.15, 0.2) is 0 Å². The van der Waals surface area contributed by atoms with Crippen molar-refractivity contribution in [1.29, 1.82) is 0 Å². The average Bonchev–Trinajstić information content (AvgIpc) is 2.89. The Hall–Kier alpha value is -0.320. The highest BCUT2D eigenvalue weighted by Crippen LogP contribution is 2.39. The van der Waals surface area contributed by atoms with Crippen LogP contribution in [0, 0.1) is 0 Å². The van der Waals surface area contributed by atoms with Gasteiger partial charge in [0.25, 0.3) is 11.6 Å². The Morgan fingerprint density at radius 2 is 0.325 bits per heavy atom. The van der Waals surface area contributed by atoms with Crippen molar-refractivity contribution in [2.75, 3.05) is 0 Å². The molecule has 0 heterocycles. The molecule has 1 rings (SSSR count). The molecule has 240 valence electrons. The Morgan fingerprint density at radius 1 is 0.200 bits per heavy atom. The molecule has 0 aromatic carbocycles. The lowest BCUT2D eigenvalue weighted by Crippen LogP contribution is -2.76. The van der Waals surface area contributed by atoms with Crippen LogP contribution in [0.5, 0.6) is 0 Å². The molecule has 8 heteroatoms. The van der Waals surface area contributed by atoms with Gasteiger partial charge in [0.1, 0.15) is 0 Å². The first kappa shape index (κ1) is 37.7. The lowest BCUT2D eigenvalue weighted by molar-refractivity contribution is -0.507. The van der Waals surface area contributed by atoms with E-state index in [2.05, 4.69) is 0 Å². The van der Waals surface area contributed by atoms with Crippen molar-refractivity contribution in [3.05, 3.63) is 0 Å². The summed E-state index contributed by atoms with van der Waals surface area (Å²) < 4.78 is 0. The molecule has 0 amide bonds. The van der Waals surface area contributed by atoms with Crippen molar-refractivity contribution < 1.29 is 40.9 Å². The van der Waals surface area contributed by atoms with Crippen LogP contribution in [0.2, 0.25) is 0 Å². The molecule has 0 saturated heterocycles. The summed E-state index contributed by atoms with van der Waals surface area (Å²) in [5, 5.41) is 82.4. The smallest absolute Gasteiger partial charge is 0.279 e. The monoisotopic (exact) mass is 576 g/mol. The van der Waals surface area contributed by atoms with E-state index in [4.69, 9.17) is 0 Å². The quantitative estimate of drug-likeness (QED) is 0.172. The van der Waals surface area contributed by atoms with Crippen molar-refractivity contribution >= 4 is 0 Å². The second-order valence-electron chi connectivity index (χ2n) is 12.7. The molecule has 0 aromatic rings. The van der Waals surface area contributed by atoms with E-state index in [1.54, 1.807) is 0 Å². The standard InChI is InChI=1S/C32H64O8/c33-29(34)27-25-23-21-19-17-15-13-11-9-7-5-3-1-2-4-6-8-10-12-14-16-18-20-22-24-26-28-30(35,36)32(39,40)31(29,37)38/h33-40H,1-28H2. The zero-order valence-electron chi connectivity index (χ0n) is 25.4. The van der Waals surface area contributed by atoms with Gasteiger partial charge in [-0.05, 0) is 12.8 Å². The van der Waals surface area contributed by atoms with E-state index < -0.39 is 36.0 Å². The number of hydrogen-bond donors (Lipinski definition) is 8. The van der Waals surface area contributed by atoms with Crippen LogP contribution in [0.15, 0.2) is 0 Å². The van der Waals surface area contributed by atoms with Crippen LogP contribution in [0.1, 0.15) is 180 Å². The topological polar surface area (TPSA) is 162 Å². The van der Waals surface area contributed by atoms with Crippen LogP contribution in [-0.4, -0.2) is 64.0 Å². The molecule has 8 nitrogen and oxygen atoms in total. The van der Waals surface area contributed by atoms with E-state index in [1.165, 1.54) is 103 Å². The minimum absolute atomic E-state index is 0.204. The summed E-state index contributed by atoms with van der Waals surface area (Å²) in [6, 6.07) is 0. The van der Waals surface area contributed by atoms with E-state index in [-0.39, 0.29) is 12.8 Å². The first-order valence-electron chi connectivity index (χ1n) is 16.7. The molecule has 1 saturated carbocycles. The third kappa shape index (κ3) is 14.2. The third-order valence-corrected chi connectivity index (χ3v) is 8.90. The first-order chi connectivity index (χ1) is 19.0. The minimum atomic E-state index is -3.97. The van der Waals surface area contributed by atoms with E-state index in [1.807, 2.05) is 0 Å². The molecule has 0 bridgehead atoms. The second-order valence-corrected chi connectivity index (χ2v) is 12.7. The van der Waals surface area contributed by atoms with Crippen LogP contribution < -0.4 is 0 Å². The zero-order chi connectivity index (χ0) is 29.8. The summed E-state index contributed by atoms with van der Waals surface area (Å²) in [5.74, 6) is -14.6. The van der Waals surface area contributed by atoms with Gasteiger partial charge in [-0.3, -0.25) is 0 Å². The summed E-state index contributed by atoms with van der Waals surface area (Å²) in [5.41, 5.74) is 0. The maximum Gasteiger partial charge on any atom is 0.279 e. The molecule has 0 aliphatic heterocycles. The predicted molar refractivity (Wildman–Crippen MR) is 158 cm³/mol. The molecule has 1 aliphatic carbocycles. The van der Waals surface area contributed by atoms with Gasteiger partial charge < -0.3 is 40.9 Å². The summed E-state index contributed by atoms with van der Waals surface area (Å²) in [6.45, 7) is 0. The van der Waals surface area contributed by atoms with Crippen LogP contribution in [0.25, 0.3) is 0 Å². The van der Waals surface area contributed by atoms with Crippen LogP contribution in [0.4, 0.5) is 0 Å². The van der Waals surface area contributed by atoms with Crippen LogP contribution in [-0.2, 0) is 0 Å². The third-order valence-electron chi connectivity index (χ3n) is 8.90. The van der Waals surface area contributed by atoms with Gasteiger partial charge in [0.05, 0.1) is 0 Å². The zero-order valence-corrected chi connectivity index (χ0v) is 25.4. The van der Waals surface area contributed by atoms with Crippen molar-refractivity contribution in [2.45, 2.75) is 203 Å². The fourth-order valence-corrected chi connectivity index (χ4v) is 5.89. The Balaban J connectivity index is 2.52.